The number of anilines is 2. The highest BCUT2D eigenvalue weighted by Crippen LogP contribution is 2.39. The summed E-state index contributed by atoms with van der Waals surface area (Å²) in [5, 5.41) is 11.9. The summed E-state index contributed by atoms with van der Waals surface area (Å²) < 4.78 is 45.5. The van der Waals surface area contributed by atoms with Crippen molar-refractivity contribution in [2.75, 3.05) is 43.7 Å². The van der Waals surface area contributed by atoms with Crippen molar-refractivity contribution >= 4 is 38.2 Å². The van der Waals surface area contributed by atoms with Gasteiger partial charge in [-0.15, -0.1) is 0 Å². The number of nitrogens with zero attached hydrogens (tertiary/aromatic N) is 6. The SMILES string of the molecule is CN1CCN(C2CCC(n3cc(-c4ccc(CS(=O)(=O)Nc5ccccc5[N+](=O)[O-])c(F)c4)c4c(N)ncnc43)CC2)CC1. The predicted molar refractivity (Wildman–Crippen MR) is 167 cm³/mol. The van der Waals surface area contributed by atoms with Crippen LogP contribution < -0.4 is 10.5 Å². The number of rotatable bonds is 8. The maximum Gasteiger partial charge on any atom is 0.293 e. The molecule has 3 N–H and O–H groups in total. The second-order valence-electron chi connectivity index (χ2n) is 11.7. The second kappa shape index (κ2) is 12.1. The van der Waals surface area contributed by atoms with Crippen LogP contribution in [0.2, 0.25) is 0 Å². The number of nitrogens with two attached hydrogens (primary N) is 1. The lowest BCUT2D eigenvalue weighted by Gasteiger charge is -2.41. The lowest BCUT2D eigenvalue weighted by molar-refractivity contribution is -0.383. The zero-order valence-electron chi connectivity index (χ0n) is 24.4. The summed E-state index contributed by atoms with van der Waals surface area (Å²) in [7, 11) is -1.99. The Balaban J connectivity index is 1.23. The first kappa shape index (κ1) is 29.9. The van der Waals surface area contributed by atoms with Crippen LogP contribution in [0.3, 0.4) is 0 Å². The zero-order chi connectivity index (χ0) is 31.0. The summed E-state index contributed by atoms with van der Waals surface area (Å²) in [4.78, 5) is 24.3. The molecule has 0 spiro atoms. The number of sulfonamides is 1. The number of benzene rings is 2. The van der Waals surface area contributed by atoms with Crippen LogP contribution in [0, 0.1) is 15.9 Å². The summed E-state index contributed by atoms with van der Waals surface area (Å²) in [5.74, 6) is -1.13. The van der Waals surface area contributed by atoms with Gasteiger partial charge in [0.05, 0.1) is 16.1 Å². The van der Waals surface area contributed by atoms with E-state index in [1.54, 1.807) is 6.07 Å². The van der Waals surface area contributed by atoms with Crippen LogP contribution in [0.4, 0.5) is 21.6 Å². The number of fused-ring (bicyclic) bond motifs is 1. The highest BCUT2D eigenvalue weighted by atomic mass is 32.2. The van der Waals surface area contributed by atoms with Crippen molar-refractivity contribution in [1.29, 1.82) is 0 Å². The summed E-state index contributed by atoms with van der Waals surface area (Å²) in [6.45, 7) is 4.37. The molecular formula is C30H35FN8O4S. The number of nitro benzene ring substituents is 1. The minimum Gasteiger partial charge on any atom is -0.383 e. The van der Waals surface area contributed by atoms with Gasteiger partial charge in [-0.2, -0.15) is 0 Å². The second-order valence-corrected chi connectivity index (χ2v) is 13.4. The van der Waals surface area contributed by atoms with E-state index in [0.29, 0.717) is 28.2 Å². The summed E-state index contributed by atoms with van der Waals surface area (Å²) in [5.41, 5.74) is 7.55. The fourth-order valence-electron chi connectivity index (χ4n) is 6.45. The first-order valence-electron chi connectivity index (χ1n) is 14.7. The van der Waals surface area contributed by atoms with Gasteiger partial charge in [-0.3, -0.25) is 19.7 Å². The third-order valence-corrected chi connectivity index (χ3v) is 10.1. The van der Waals surface area contributed by atoms with Gasteiger partial charge in [-0.05, 0) is 50.4 Å². The van der Waals surface area contributed by atoms with Gasteiger partial charge in [0.25, 0.3) is 5.69 Å². The Hall–Kier alpha value is -4.14. The Labute approximate surface area is 254 Å². The number of hydrogen-bond acceptors (Lipinski definition) is 9. The number of nitrogens with one attached hydrogen (secondary N) is 1. The molecule has 1 saturated heterocycles. The molecule has 4 aromatic rings. The van der Waals surface area contributed by atoms with Gasteiger partial charge in [0.1, 0.15) is 29.3 Å². The van der Waals surface area contributed by atoms with E-state index < -0.39 is 32.2 Å². The van der Waals surface area contributed by atoms with Crippen molar-refractivity contribution in [1.82, 2.24) is 24.3 Å². The van der Waals surface area contributed by atoms with Crippen molar-refractivity contribution in [3.8, 4) is 11.1 Å². The molecule has 0 bridgehead atoms. The molecule has 2 aromatic heterocycles. The minimum atomic E-state index is -4.16. The number of nitro groups is 1. The van der Waals surface area contributed by atoms with Gasteiger partial charge in [0, 0.05) is 61.7 Å². The third kappa shape index (κ3) is 6.10. The van der Waals surface area contributed by atoms with Crippen LogP contribution in [-0.2, 0) is 15.8 Å². The minimum absolute atomic E-state index is 0.0741. The maximum atomic E-state index is 15.4. The first-order chi connectivity index (χ1) is 21.1. The van der Waals surface area contributed by atoms with Crippen LogP contribution in [-0.4, -0.2) is 76.9 Å². The lowest BCUT2D eigenvalue weighted by Crippen LogP contribution is -2.49. The molecule has 2 aromatic carbocycles. The van der Waals surface area contributed by atoms with E-state index in [-0.39, 0.29) is 23.1 Å². The molecule has 14 heteroatoms. The van der Waals surface area contributed by atoms with Crippen LogP contribution in [0.15, 0.2) is 55.0 Å². The molecule has 6 rings (SSSR count). The molecule has 0 radical (unpaired) electrons. The van der Waals surface area contributed by atoms with Crippen molar-refractivity contribution in [2.24, 2.45) is 0 Å². The van der Waals surface area contributed by atoms with Crippen LogP contribution in [0.1, 0.15) is 37.3 Å². The number of aromatic nitrogens is 3. The summed E-state index contributed by atoms with van der Waals surface area (Å²) in [6, 6.07) is 10.5. The van der Waals surface area contributed by atoms with E-state index in [4.69, 9.17) is 5.73 Å². The number of halogens is 1. The predicted octanol–water partition coefficient (Wildman–Crippen LogP) is 4.40. The molecule has 232 valence electrons. The molecule has 44 heavy (non-hydrogen) atoms. The van der Waals surface area contributed by atoms with Crippen LogP contribution in [0.5, 0.6) is 0 Å². The van der Waals surface area contributed by atoms with Crippen LogP contribution in [0.25, 0.3) is 22.2 Å². The number of para-hydroxylation sites is 2. The van der Waals surface area contributed by atoms with E-state index in [1.807, 2.05) is 6.20 Å². The van der Waals surface area contributed by atoms with Crippen molar-refractivity contribution in [3.05, 3.63) is 76.5 Å². The fraction of sp³-hybridized carbons (Fsp3) is 0.400. The van der Waals surface area contributed by atoms with Gasteiger partial charge < -0.3 is 15.2 Å². The number of piperazine rings is 1. The summed E-state index contributed by atoms with van der Waals surface area (Å²) >= 11 is 0. The molecule has 3 heterocycles. The molecule has 1 aliphatic heterocycles. The Bertz CT molecular complexity index is 1800. The number of likely N-dealkylation sites (N-methyl/N-ethyl adjacent to an activating group) is 1. The fourth-order valence-corrected chi connectivity index (χ4v) is 7.68. The Morgan fingerprint density at radius 2 is 1.75 bits per heavy atom. The smallest absolute Gasteiger partial charge is 0.293 e. The monoisotopic (exact) mass is 622 g/mol. The Morgan fingerprint density at radius 1 is 1.05 bits per heavy atom. The molecule has 0 unspecified atom stereocenters. The summed E-state index contributed by atoms with van der Waals surface area (Å²) in [6.07, 6.45) is 7.54. The molecule has 2 fully saturated rings. The average Bonchev–Trinajstić information content (AvgIpc) is 3.40. The average molecular weight is 623 g/mol. The molecule has 1 saturated carbocycles. The standard InChI is InChI=1S/C30H35FN8O4S/c1-36-12-14-37(15-13-36)22-8-10-23(11-9-22)38-17-24(28-29(32)33-19-34-30(28)38)20-6-7-21(25(31)16-20)18-44(42,43)35-26-4-2-3-5-27(26)39(40)41/h2-7,16-17,19,22-23,35H,8-15,18H2,1H3,(H2,32,33,34). The van der Waals surface area contributed by atoms with Gasteiger partial charge >= 0.3 is 0 Å². The molecule has 0 amide bonds. The van der Waals surface area contributed by atoms with Crippen molar-refractivity contribution in [3.63, 3.8) is 0 Å². The number of hydrogen-bond donors (Lipinski definition) is 2. The molecule has 1 aliphatic carbocycles. The van der Waals surface area contributed by atoms with E-state index in [9.17, 15) is 18.5 Å². The van der Waals surface area contributed by atoms with Crippen LogP contribution >= 0.6 is 0 Å². The maximum absolute atomic E-state index is 15.4. The lowest BCUT2D eigenvalue weighted by atomic mass is 9.89. The zero-order valence-corrected chi connectivity index (χ0v) is 25.2. The van der Waals surface area contributed by atoms with Gasteiger partial charge in [0.2, 0.25) is 10.0 Å². The third-order valence-electron chi connectivity index (χ3n) is 8.83. The largest absolute Gasteiger partial charge is 0.383 e. The Kier molecular flexibility index (Phi) is 8.22. The highest BCUT2D eigenvalue weighted by molar-refractivity contribution is 7.91. The van der Waals surface area contributed by atoms with Crippen molar-refractivity contribution in [2.45, 2.75) is 43.5 Å². The van der Waals surface area contributed by atoms with E-state index in [2.05, 4.69) is 36.1 Å². The quantitative estimate of drug-likeness (QED) is 0.215. The molecule has 0 atom stereocenters. The van der Waals surface area contributed by atoms with E-state index in [0.717, 1.165) is 51.9 Å². The number of nitrogen functional groups attached to an aromatic ring is 1. The van der Waals surface area contributed by atoms with E-state index >= 15 is 4.39 Å². The molecular weight excluding hydrogens is 587 g/mol. The van der Waals surface area contributed by atoms with Gasteiger partial charge in [-0.25, -0.2) is 22.8 Å². The topological polar surface area (TPSA) is 153 Å². The van der Waals surface area contributed by atoms with Gasteiger partial charge in [-0.1, -0.05) is 24.3 Å². The highest BCUT2D eigenvalue weighted by Gasteiger charge is 2.30. The van der Waals surface area contributed by atoms with Crippen molar-refractivity contribution < 1.29 is 17.7 Å². The van der Waals surface area contributed by atoms with Gasteiger partial charge in [0.15, 0.2) is 0 Å². The normalized spacial score (nSPS) is 20.1. The molecule has 12 nitrogen and oxygen atoms in total. The van der Waals surface area contributed by atoms with E-state index in [1.165, 1.54) is 42.7 Å². The Morgan fingerprint density at radius 3 is 2.45 bits per heavy atom. The molecule has 2 aliphatic rings. The first-order valence-corrected chi connectivity index (χ1v) is 16.3.